The Bertz CT molecular complexity index is 528. The lowest BCUT2D eigenvalue weighted by Crippen LogP contribution is -2.13. The molecule has 1 aromatic heterocycles. The zero-order chi connectivity index (χ0) is 15.1. The minimum Gasteiger partial charge on any atom is -0.378 e. The molecule has 0 spiro atoms. The van der Waals surface area contributed by atoms with Gasteiger partial charge in [-0.2, -0.15) is 5.10 Å². The molecule has 1 N–H and O–H groups in total. The molecule has 0 saturated carbocycles. The summed E-state index contributed by atoms with van der Waals surface area (Å²) in [7, 11) is 0. The lowest BCUT2D eigenvalue weighted by Gasteiger charge is -2.10. The summed E-state index contributed by atoms with van der Waals surface area (Å²) in [5.41, 5.74) is 2.54. The highest BCUT2D eigenvalue weighted by Gasteiger charge is 2.05. The topological polar surface area (TPSA) is 42.7 Å². The standard InChI is InChI=1S/C17H26N4/c1-4-5-6-15-7-9-16(10-8-15)18-11-17-19-13-20-21(17)12-14(2)3/h7-10,13-14,18H,4-6,11-12H2,1-3H3. The van der Waals surface area contributed by atoms with E-state index < -0.39 is 0 Å². The SMILES string of the molecule is CCCCc1ccc(NCc2ncnn2CC(C)C)cc1. The summed E-state index contributed by atoms with van der Waals surface area (Å²) < 4.78 is 1.98. The summed E-state index contributed by atoms with van der Waals surface area (Å²) in [6.07, 6.45) is 5.29. The molecule has 4 nitrogen and oxygen atoms in total. The summed E-state index contributed by atoms with van der Waals surface area (Å²) in [6.45, 7) is 8.22. The third-order valence-corrected chi connectivity index (χ3v) is 3.46. The lowest BCUT2D eigenvalue weighted by molar-refractivity contribution is 0.468. The van der Waals surface area contributed by atoms with E-state index in [-0.39, 0.29) is 0 Å². The summed E-state index contributed by atoms with van der Waals surface area (Å²) >= 11 is 0. The number of aryl methyl sites for hydroxylation is 1. The van der Waals surface area contributed by atoms with Crippen molar-refractivity contribution in [3.63, 3.8) is 0 Å². The number of hydrogen-bond acceptors (Lipinski definition) is 3. The van der Waals surface area contributed by atoms with E-state index in [4.69, 9.17) is 0 Å². The smallest absolute Gasteiger partial charge is 0.146 e. The quantitative estimate of drug-likeness (QED) is 0.800. The second-order valence-electron chi connectivity index (χ2n) is 5.91. The van der Waals surface area contributed by atoms with Crippen LogP contribution in [-0.4, -0.2) is 14.8 Å². The van der Waals surface area contributed by atoms with Crippen molar-refractivity contribution < 1.29 is 0 Å². The Morgan fingerprint density at radius 2 is 1.95 bits per heavy atom. The third kappa shape index (κ3) is 4.88. The molecule has 2 rings (SSSR count). The number of benzene rings is 1. The van der Waals surface area contributed by atoms with Crippen LogP contribution in [0.4, 0.5) is 5.69 Å². The van der Waals surface area contributed by atoms with Crippen LogP contribution in [-0.2, 0) is 19.5 Å². The predicted molar refractivity (Wildman–Crippen MR) is 87.2 cm³/mol. The summed E-state index contributed by atoms with van der Waals surface area (Å²) in [4.78, 5) is 4.33. The Morgan fingerprint density at radius 3 is 2.62 bits per heavy atom. The molecular weight excluding hydrogens is 260 g/mol. The van der Waals surface area contributed by atoms with E-state index in [2.05, 4.69) is 60.4 Å². The monoisotopic (exact) mass is 286 g/mol. The van der Waals surface area contributed by atoms with Gasteiger partial charge in [0, 0.05) is 12.2 Å². The maximum Gasteiger partial charge on any atom is 0.146 e. The first-order chi connectivity index (χ1) is 10.2. The third-order valence-electron chi connectivity index (χ3n) is 3.46. The second-order valence-corrected chi connectivity index (χ2v) is 5.91. The first-order valence-electron chi connectivity index (χ1n) is 7.88. The van der Waals surface area contributed by atoms with E-state index in [0.717, 1.165) is 18.1 Å². The van der Waals surface area contributed by atoms with Gasteiger partial charge in [0.2, 0.25) is 0 Å². The Hall–Kier alpha value is -1.84. The van der Waals surface area contributed by atoms with Gasteiger partial charge in [0.15, 0.2) is 0 Å². The van der Waals surface area contributed by atoms with Crippen molar-refractivity contribution in [3.05, 3.63) is 42.0 Å². The molecule has 0 fully saturated rings. The van der Waals surface area contributed by atoms with Gasteiger partial charge >= 0.3 is 0 Å². The van der Waals surface area contributed by atoms with Crippen LogP contribution in [0.15, 0.2) is 30.6 Å². The van der Waals surface area contributed by atoms with Gasteiger partial charge in [0.1, 0.15) is 12.2 Å². The van der Waals surface area contributed by atoms with E-state index >= 15 is 0 Å². The molecule has 0 aliphatic heterocycles. The molecule has 0 atom stereocenters. The van der Waals surface area contributed by atoms with Crippen molar-refractivity contribution in [1.82, 2.24) is 14.8 Å². The molecule has 0 radical (unpaired) electrons. The Kier molecular flexibility index (Phi) is 5.78. The molecule has 0 aliphatic carbocycles. The van der Waals surface area contributed by atoms with Crippen molar-refractivity contribution in [2.45, 2.75) is 53.1 Å². The zero-order valence-corrected chi connectivity index (χ0v) is 13.3. The van der Waals surface area contributed by atoms with Crippen molar-refractivity contribution in [2.24, 2.45) is 5.92 Å². The molecule has 4 heteroatoms. The van der Waals surface area contributed by atoms with Crippen molar-refractivity contribution in [3.8, 4) is 0 Å². The molecular formula is C17H26N4. The fourth-order valence-corrected chi connectivity index (χ4v) is 2.27. The molecule has 0 saturated heterocycles. The van der Waals surface area contributed by atoms with Crippen LogP contribution >= 0.6 is 0 Å². The summed E-state index contributed by atoms with van der Waals surface area (Å²) in [5.74, 6) is 1.56. The van der Waals surface area contributed by atoms with E-state index in [1.807, 2.05) is 4.68 Å². The van der Waals surface area contributed by atoms with Gasteiger partial charge in [-0.1, -0.05) is 39.3 Å². The number of nitrogens with zero attached hydrogens (tertiary/aromatic N) is 3. The average Bonchev–Trinajstić information content (AvgIpc) is 2.90. The first-order valence-corrected chi connectivity index (χ1v) is 7.88. The Labute approximate surface area is 127 Å². The van der Waals surface area contributed by atoms with Gasteiger partial charge in [0.05, 0.1) is 6.54 Å². The highest BCUT2D eigenvalue weighted by molar-refractivity contribution is 5.44. The molecule has 0 bridgehead atoms. The van der Waals surface area contributed by atoms with Crippen LogP contribution in [0, 0.1) is 5.92 Å². The normalized spacial score (nSPS) is 11.0. The first kappa shape index (κ1) is 15.5. The average molecular weight is 286 g/mol. The fraction of sp³-hybridized carbons (Fsp3) is 0.529. The molecule has 114 valence electrons. The van der Waals surface area contributed by atoms with E-state index in [9.17, 15) is 0 Å². The van der Waals surface area contributed by atoms with Gasteiger partial charge in [-0.25, -0.2) is 9.67 Å². The van der Waals surface area contributed by atoms with Crippen LogP contribution in [0.25, 0.3) is 0 Å². The maximum atomic E-state index is 4.33. The van der Waals surface area contributed by atoms with Gasteiger partial charge in [-0.05, 0) is 36.5 Å². The van der Waals surface area contributed by atoms with Gasteiger partial charge in [0.25, 0.3) is 0 Å². The van der Waals surface area contributed by atoms with E-state index in [0.29, 0.717) is 12.5 Å². The Balaban J connectivity index is 1.89. The summed E-state index contributed by atoms with van der Waals surface area (Å²) in [6, 6.07) is 8.70. The van der Waals surface area contributed by atoms with Crippen molar-refractivity contribution >= 4 is 5.69 Å². The Morgan fingerprint density at radius 1 is 1.19 bits per heavy atom. The van der Waals surface area contributed by atoms with Gasteiger partial charge in [-0.15, -0.1) is 0 Å². The van der Waals surface area contributed by atoms with Crippen LogP contribution in [0.3, 0.4) is 0 Å². The number of nitrogens with one attached hydrogen (secondary N) is 1. The molecule has 0 amide bonds. The highest BCUT2D eigenvalue weighted by Crippen LogP contribution is 2.13. The highest BCUT2D eigenvalue weighted by atomic mass is 15.3. The molecule has 21 heavy (non-hydrogen) atoms. The molecule has 2 aromatic rings. The number of aromatic nitrogens is 3. The minimum absolute atomic E-state index is 0.572. The number of rotatable bonds is 8. The van der Waals surface area contributed by atoms with E-state index in [1.165, 1.54) is 24.8 Å². The molecule has 1 aromatic carbocycles. The largest absolute Gasteiger partial charge is 0.378 e. The van der Waals surface area contributed by atoms with Crippen LogP contribution < -0.4 is 5.32 Å². The lowest BCUT2D eigenvalue weighted by atomic mass is 10.1. The van der Waals surface area contributed by atoms with Crippen molar-refractivity contribution in [1.29, 1.82) is 0 Å². The number of anilines is 1. The molecule has 1 heterocycles. The summed E-state index contributed by atoms with van der Waals surface area (Å²) in [5, 5.41) is 7.70. The number of hydrogen-bond donors (Lipinski definition) is 1. The van der Waals surface area contributed by atoms with Crippen LogP contribution in [0.2, 0.25) is 0 Å². The van der Waals surface area contributed by atoms with Gasteiger partial charge < -0.3 is 5.32 Å². The maximum absolute atomic E-state index is 4.33. The minimum atomic E-state index is 0.572. The predicted octanol–water partition coefficient (Wildman–Crippen LogP) is 3.89. The second kappa shape index (κ2) is 7.81. The molecule has 0 unspecified atom stereocenters. The van der Waals surface area contributed by atoms with E-state index in [1.54, 1.807) is 6.33 Å². The van der Waals surface area contributed by atoms with Gasteiger partial charge in [-0.3, -0.25) is 0 Å². The molecule has 0 aliphatic rings. The van der Waals surface area contributed by atoms with Crippen LogP contribution in [0.5, 0.6) is 0 Å². The van der Waals surface area contributed by atoms with Crippen molar-refractivity contribution in [2.75, 3.05) is 5.32 Å². The zero-order valence-electron chi connectivity index (χ0n) is 13.3. The van der Waals surface area contributed by atoms with Crippen LogP contribution in [0.1, 0.15) is 45.0 Å². The fourth-order valence-electron chi connectivity index (χ4n) is 2.27. The number of unbranched alkanes of at least 4 members (excludes halogenated alkanes) is 1.